The summed E-state index contributed by atoms with van der Waals surface area (Å²) in [5.41, 5.74) is 6.11. The number of carbonyl (C=O) groups excluding carboxylic acids is 1. The zero-order chi connectivity index (χ0) is 17.1. The van der Waals surface area contributed by atoms with E-state index in [0.717, 1.165) is 23.4 Å². The van der Waals surface area contributed by atoms with Crippen molar-refractivity contribution in [1.82, 2.24) is 14.9 Å². The third-order valence-corrected chi connectivity index (χ3v) is 3.80. The van der Waals surface area contributed by atoms with Gasteiger partial charge < -0.3 is 15.1 Å². The topological polar surface area (TPSA) is 57.7 Å². The first-order valence-corrected chi connectivity index (χ1v) is 7.65. The molecule has 6 nitrogen and oxygen atoms in total. The normalized spacial score (nSPS) is 14.0. The second-order valence-corrected chi connectivity index (χ2v) is 5.83. The van der Waals surface area contributed by atoms with E-state index in [0.29, 0.717) is 13.0 Å². The van der Waals surface area contributed by atoms with Gasteiger partial charge in [-0.15, -0.1) is 0 Å². The summed E-state index contributed by atoms with van der Waals surface area (Å²) in [5.74, 6) is -0.558. The lowest BCUT2D eigenvalue weighted by Crippen LogP contribution is -2.35. The summed E-state index contributed by atoms with van der Waals surface area (Å²) in [5, 5.41) is 2.03. The molecule has 2 heterocycles. The smallest absolute Gasteiger partial charge is 0.407 e. The van der Waals surface area contributed by atoms with E-state index < -0.39 is 11.9 Å². The molecule has 0 saturated heterocycles. The highest BCUT2D eigenvalue weighted by atomic mass is 19.1. The van der Waals surface area contributed by atoms with Gasteiger partial charge in [0.05, 0.1) is 5.69 Å². The fraction of sp³-hybridized carbons (Fsp3) is 0.294. The zero-order valence-electron chi connectivity index (χ0n) is 13.6. The van der Waals surface area contributed by atoms with Gasteiger partial charge in [-0.05, 0) is 41.8 Å². The van der Waals surface area contributed by atoms with E-state index in [2.05, 4.69) is 10.4 Å². The van der Waals surface area contributed by atoms with E-state index in [1.54, 1.807) is 32.6 Å². The van der Waals surface area contributed by atoms with Crippen LogP contribution in [0, 0.1) is 5.82 Å². The Bertz CT molecular complexity index is 737. The van der Waals surface area contributed by atoms with Crippen LogP contribution in [0.25, 0.3) is 0 Å². The molecule has 2 aromatic rings. The Kier molecular flexibility index (Phi) is 4.61. The molecular formula is C17H19FN4O2. The largest absolute Gasteiger partial charge is 0.414 e. The van der Waals surface area contributed by atoms with Crippen LogP contribution in [-0.4, -0.2) is 41.6 Å². The number of carbonyl (C=O) groups is 1. The standard InChI is InChI=1S/C17H19FN4O2/c1-21(2)17(23)24-16-10-13-11-22(8-5-12(13)9-15(16)18)20-14-3-6-19-7-4-14/h3-4,6-7,9-10H,5,8,11H2,1-2H3,(H,19,20). The van der Waals surface area contributed by atoms with Crippen molar-refractivity contribution in [2.75, 3.05) is 26.1 Å². The molecule has 0 bridgehead atoms. The maximum absolute atomic E-state index is 14.1. The predicted molar refractivity (Wildman–Crippen MR) is 88.1 cm³/mol. The Labute approximate surface area is 139 Å². The van der Waals surface area contributed by atoms with Crippen LogP contribution in [0.2, 0.25) is 0 Å². The SMILES string of the molecule is CN(C)C(=O)Oc1cc2c(cc1F)CCN(Nc1ccncc1)C2. The number of aromatic nitrogens is 1. The van der Waals surface area contributed by atoms with Crippen molar-refractivity contribution in [1.29, 1.82) is 0 Å². The Hall–Kier alpha value is -2.67. The van der Waals surface area contributed by atoms with E-state index >= 15 is 0 Å². The van der Waals surface area contributed by atoms with Gasteiger partial charge in [0.2, 0.25) is 0 Å². The van der Waals surface area contributed by atoms with Gasteiger partial charge in [-0.2, -0.15) is 0 Å². The number of nitrogens with one attached hydrogen (secondary N) is 1. The minimum atomic E-state index is -0.601. The van der Waals surface area contributed by atoms with Crippen molar-refractivity contribution in [3.63, 3.8) is 0 Å². The second kappa shape index (κ2) is 6.84. The molecule has 0 fully saturated rings. The first kappa shape index (κ1) is 16.2. The number of nitrogens with zero attached hydrogens (tertiary/aromatic N) is 3. The molecule has 0 atom stereocenters. The predicted octanol–water partition coefficient (Wildman–Crippen LogP) is 2.67. The van der Waals surface area contributed by atoms with Crippen molar-refractivity contribution in [2.24, 2.45) is 0 Å². The molecular weight excluding hydrogens is 311 g/mol. The summed E-state index contributed by atoms with van der Waals surface area (Å²) in [7, 11) is 3.11. The summed E-state index contributed by atoms with van der Waals surface area (Å²) < 4.78 is 19.2. The lowest BCUT2D eigenvalue weighted by Gasteiger charge is -2.30. The number of amides is 1. The second-order valence-electron chi connectivity index (χ2n) is 5.83. The van der Waals surface area contributed by atoms with E-state index in [4.69, 9.17) is 4.74 Å². The summed E-state index contributed by atoms with van der Waals surface area (Å²) >= 11 is 0. The first-order chi connectivity index (χ1) is 11.5. The summed E-state index contributed by atoms with van der Waals surface area (Å²) in [6.45, 7) is 1.34. The van der Waals surface area contributed by atoms with Crippen molar-refractivity contribution in [3.05, 3.63) is 53.6 Å². The van der Waals surface area contributed by atoms with Crippen LogP contribution in [0.3, 0.4) is 0 Å². The summed E-state index contributed by atoms with van der Waals surface area (Å²) in [6, 6.07) is 6.82. The third-order valence-electron chi connectivity index (χ3n) is 3.80. The highest BCUT2D eigenvalue weighted by Crippen LogP contribution is 2.27. The molecule has 1 N–H and O–H groups in total. The van der Waals surface area contributed by atoms with Crippen molar-refractivity contribution in [2.45, 2.75) is 13.0 Å². The molecule has 7 heteroatoms. The highest BCUT2D eigenvalue weighted by Gasteiger charge is 2.21. The van der Waals surface area contributed by atoms with Gasteiger partial charge in [0, 0.05) is 39.6 Å². The number of hydrogen-bond donors (Lipinski definition) is 1. The van der Waals surface area contributed by atoms with Gasteiger partial charge in [-0.25, -0.2) is 14.2 Å². The van der Waals surface area contributed by atoms with Crippen LogP contribution in [0.5, 0.6) is 5.75 Å². The molecule has 1 aliphatic heterocycles. The third kappa shape index (κ3) is 3.62. The highest BCUT2D eigenvalue weighted by molar-refractivity contribution is 5.70. The molecule has 3 rings (SSSR count). The Morgan fingerprint density at radius 2 is 2.04 bits per heavy atom. The minimum absolute atomic E-state index is 0.0433. The molecule has 0 spiro atoms. The van der Waals surface area contributed by atoms with Gasteiger partial charge in [-0.1, -0.05) is 0 Å². The van der Waals surface area contributed by atoms with Crippen LogP contribution in [-0.2, 0) is 13.0 Å². The summed E-state index contributed by atoms with van der Waals surface area (Å²) in [6.07, 6.45) is 3.55. The van der Waals surface area contributed by atoms with Gasteiger partial charge in [0.1, 0.15) is 0 Å². The maximum Gasteiger partial charge on any atom is 0.414 e. The van der Waals surface area contributed by atoms with Gasteiger partial charge in [-0.3, -0.25) is 4.98 Å². The molecule has 126 valence electrons. The number of rotatable bonds is 3. The number of hydrazine groups is 1. The number of anilines is 1. The lowest BCUT2D eigenvalue weighted by molar-refractivity contribution is 0.169. The van der Waals surface area contributed by atoms with Crippen LogP contribution >= 0.6 is 0 Å². The number of hydrogen-bond acceptors (Lipinski definition) is 5. The molecule has 24 heavy (non-hydrogen) atoms. The Balaban J connectivity index is 1.76. The number of halogens is 1. The minimum Gasteiger partial charge on any atom is -0.407 e. The van der Waals surface area contributed by atoms with Crippen molar-refractivity contribution < 1.29 is 13.9 Å². The molecule has 0 radical (unpaired) electrons. The monoisotopic (exact) mass is 330 g/mol. The van der Waals surface area contributed by atoms with Crippen molar-refractivity contribution >= 4 is 11.8 Å². The van der Waals surface area contributed by atoms with Crippen LogP contribution < -0.4 is 10.2 Å². The van der Waals surface area contributed by atoms with Crippen LogP contribution in [0.4, 0.5) is 14.9 Å². The van der Waals surface area contributed by atoms with E-state index in [1.807, 2.05) is 17.1 Å². The maximum atomic E-state index is 14.1. The Morgan fingerprint density at radius 1 is 1.29 bits per heavy atom. The van der Waals surface area contributed by atoms with E-state index in [-0.39, 0.29) is 5.75 Å². The van der Waals surface area contributed by atoms with Gasteiger partial charge in [0.15, 0.2) is 11.6 Å². The average Bonchev–Trinajstić information content (AvgIpc) is 2.56. The fourth-order valence-electron chi connectivity index (χ4n) is 2.52. The van der Waals surface area contributed by atoms with Crippen LogP contribution in [0.15, 0.2) is 36.7 Å². The Morgan fingerprint density at radius 3 is 2.75 bits per heavy atom. The van der Waals surface area contributed by atoms with Crippen LogP contribution in [0.1, 0.15) is 11.1 Å². The number of benzene rings is 1. The lowest BCUT2D eigenvalue weighted by atomic mass is 10.00. The average molecular weight is 330 g/mol. The molecule has 1 aliphatic rings. The van der Waals surface area contributed by atoms with Crippen molar-refractivity contribution in [3.8, 4) is 5.75 Å². The molecule has 0 unspecified atom stereocenters. The van der Waals surface area contributed by atoms with E-state index in [1.165, 1.54) is 11.0 Å². The molecule has 1 amide bonds. The molecule has 1 aromatic carbocycles. The number of fused-ring (bicyclic) bond motifs is 1. The molecule has 0 aliphatic carbocycles. The quantitative estimate of drug-likeness (QED) is 0.938. The van der Waals surface area contributed by atoms with E-state index in [9.17, 15) is 9.18 Å². The number of pyridine rings is 1. The van der Waals surface area contributed by atoms with Gasteiger partial charge in [0.25, 0.3) is 0 Å². The molecule has 0 saturated carbocycles. The first-order valence-electron chi connectivity index (χ1n) is 7.65. The fourth-order valence-corrected chi connectivity index (χ4v) is 2.52. The molecule has 1 aromatic heterocycles. The summed E-state index contributed by atoms with van der Waals surface area (Å²) in [4.78, 5) is 16.9. The van der Waals surface area contributed by atoms with Gasteiger partial charge >= 0.3 is 6.09 Å². The zero-order valence-corrected chi connectivity index (χ0v) is 13.6. The number of ether oxygens (including phenoxy) is 1.